The standard InChI is InChI=1S/C13H14BrClN2O3/c14-9-5-4-7(6-10(9)15)16-13(20)17-11-3-1-2-8(11)12(18)19/h4-6,8,11H,1-3H2,(H,18,19)(H2,16,17,20). The van der Waals surface area contributed by atoms with E-state index >= 15 is 0 Å². The van der Waals surface area contributed by atoms with Gasteiger partial charge in [-0.3, -0.25) is 4.79 Å². The minimum absolute atomic E-state index is 0.321. The predicted octanol–water partition coefficient (Wildman–Crippen LogP) is 3.48. The summed E-state index contributed by atoms with van der Waals surface area (Å²) in [6, 6.07) is 4.32. The average Bonchev–Trinajstić information content (AvgIpc) is 2.82. The van der Waals surface area contributed by atoms with Gasteiger partial charge in [-0.15, -0.1) is 0 Å². The van der Waals surface area contributed by atoms with Crippen LogP contribution in [-0.4, -0.2) is 23.1 Å². The zero-order valence-corrected chi connectivity index (χ0v) is 12.9. The van der Waals surface area contributed by atoms with E-state index < -0.39 is 17.9 Å². The zero-order valence-electron chi connectivity index (χ0n) is 10.5. The Labute approximate surface area is 129 Å². The molecule has 3 N–H and O–H groups in total. The Morgan fingerprint density at radius 3 is 2.75 bits per heavy atom. The number of hydrogen-bond donors (Lipinski definition) is 3. The van der Waals surface area contributed by atoms with E-state index in [4.69, 9.17) is 16.7 Å². The van der Waals surface area contributed by atoms with Crippen molar-refractivity contribution in [2.45, 2.75) is 25.3 Å². The van der Waals surface area contributed by atoms with Gasteiger partial charge in [0.15, 0.2) is 0 Å². The molecule has 2 unspecified atom stereocenters. The molecule has 1 aromatic rings. The maximum absolute atomic E-state index is 11.9. The molecule has 20 heavy (non-hydrogen) atoms. The first kappa shape index (κ1) is 15.1. The highest BCUT2D eigenvalue weighted by Gasteiger charge is 2.33. The predicted molar refractivity (Wildman–Crippen MR) is 80.1 cm³/mol. The van der Waals surface area contributed by atoms with Crippen LogP contribution < -0.4 is 10.6 Å². The second-order valence-corrected chi connectivity index (χ2v) is 5.97. The summed E-state index contributed by atoms with van der Waals surface area (Å²) in [5, 5.41) is 14.9. The van der Waals surface area contributed by atoms with E-state index in [2.05, 4.69) is 26.6 Å². The Morgan fingerprint density at radius 2 is 2.10 bits per heavy atom. The molecule has 1 aliphatic carbocycles. The minimum Gasteiger partial charge on any atom is -0.481 e. The summed E-state index contributed by atoms with van der Waals surface area (Å²) in [6.45, 7) is 0. The monoisotopic (exact) mass is 360 g/mol. The van der Waals surface area contributed by atoms with Crippen LogP contribution in [0.1, 0.15) is 19.3 Å². The molecule has 1 fully saturated rings. The molecule has 2 atom stereocenters. The second-order valence-electron chi connectivity index (χ2n) is 4.71. The molecule has 2 rings (SSSR count). The van der Waals surface area contributed by atoms with Gasteiger partial charge in [-0.05, 0) is 47.0 Å². The van der Waals surface area contributed by atoms with Gasteiger partial charge >= 0.3 is 12.0 Å². The molecule has 0 radical (unpaired) electrons. The number of benzene rings is 1. The molecule has 0 bridgehead atoms. The Hall–Kier alpha value is -1.27. The van der Waals surface area contributed by atoms with Gasteiger partial charge in [-0.1, -0.05) is 18.0 Å². The number of anilines is 1. The van der Waals surface area contributed by atoms with Gasteiger partial charge in [0.1, 0.15) is 0 Å². The van der Waals surface area contributed by atoms with Crippen LogP contribution in [0, 0.1) is 5.92 Å². The van der Waals surface area contributed by atoms with Gasteiger partial charge in [0, 0.05) is 16.2 Å². The van der Waals surface area contributed by atoms with Crippen LogP contribution in [0.4, 0.5) is 10.5 Å². The normalized spacial score (nSPS) is 21.5. The Bertz CT molecular complexity index is 538. The fourth-order valence-electron chi connectivity index (χ4n) is 2.34. The molecule has 0 aliphatic heterocycles. The van der Waals surface area contributed by atoms with Gasteiger partial charge in [-0.25, -0.2) is 4.79 Å². The van der Waals surface area contributed by atoms with Crippen molar-refractivity contribution < 1.29 is 14.7 Å². The highest BCUT2D eigenvalue weighted by atomic mass is 79.9. The second kappa shape index (κ2) is 6.45. The van der Waals surface area contributed by atoms with Gasteiger partial charge in [-0.2, -0.15) is 0 Å². The molecular formula is C13H14BrClN2O3. The molecule has 1 aliphatic rings. The number of nitrogens with one attached hydrogen (secondary N) is 2. The molecule has 1 aromatic carbocycles. The number of carboxylic acid groups (broad SMARTS) is 1. The van der Waals surface area contributed by atoms with E-state index in [1.54, 1.807) is 18.2 Å². The fraction of sp³-hybridized carbons (Fsp3) is 0.385. The third-order valence-electron chi connectivity index (χ3n) is 3.33. The van der Waals surface area contributed by atoms with Gasteiger partial charge in [0.25, 0.3) is 0 Å². The van der Waals surface area contributed by atoms with Crippen LogP contribution in [0.2, 0.25) is 5.02 Å². The van der Waals surface area contributed by atoms with Crippen molar-refractivity contribution in [3.63, 3.8) is 0 Å². The van der Waals surface area contributed by atoms with Crippen LogP contribution in [-0.2, 0) is 4.79 Å². The summed E-state index contributed by atoms with van der Waals surface area (Å²) >= 11 is 9.20. The molecule has 2 amide bonds. The Kier molecular flexibility index (Phi) is 4.88. The van der Waals surface area contributed by atoms with Crippen molar-refractivity contribution in [3.05, 3.63) is 27.7 Å². The van der Waals surface area contributed by atoms with Crippen molar-refractivity contribution in [1.82, 2.24) is 5.32 Å². The molecular weight excluding hydrogens is 348 g/mol. The van der Waals surface area contributed by atoms with Gasteiger partial charge in [0.2, 0.25) is 0 Å². The fourth-order valence-corrected chi connectivity index (χ4v) is 2.77. The van der Waals surface area contributed by atoms with E-state index in [1.807, 2.05) is 0 Å². The van der Waals surface area contributed by atoms with E-state index in [9.17, 15) is 9.59 Å². The van der Waals surface area contributed by atoms with Gasteiger partial charge < -0.3 is 15.7 Å². The van der Waals surface area contributed by atoms with Crippen LogP contribution in [0.25, 0.3) is 0 Å². The number of hydrogen-bond acceptors (Lipinski definition) is 2. The lowest BCUT2D eigenvalue weighted by Crippen LogP contribution is -2.42. The van der Waals surface area contributed by atoms with E-state index in [0.717, 1.165) is 10.9 Å². The van der Waals surface area contributed by atoms with Crippen molar-refractivity contribution in [2.24, 2.45) is 5.92 Å². The minimum atomic E-state index is -0.862. The third kappa shape index (κ3) is 3.64. The lowest BCUT2D eigenvalue weighted by Gasteiger charge is -2.18. The number of halogens is 2. The van der Waals surface area contributed by atoms with Crippen LogP contribution in [0.15, 0.2) is 22.7 Å². The molecule has 1 saturated carbocycles. The number of urea groups is 1. The quantitative estimate of drug-likeness (QED) is 0.771. The molecule has 108 valence electrons. The van der Waals surface area contributed by atoms with Crippen molar-refractivity contribution >= 4 is 45.2 Å². The molecule has 0 aromatic heterocycles. The molecule has 0 heterocycles. The zero-order chi connectivity index (χ0) is 14.7. The summed E-state index contributed by atoms with van der Waals surface area (Å²) in [4.78, 5) is 22.9. The number of rotatable bonds is 3. The molecule has 0 saturated heterocycles. The van der Waals surface area contributed by atoms with Crippen LogP contribution in [0.3, 0.4) is 0 Å². The molecule has 7 heteroatoms. The Morgan fingerprint density at radius 1 is 1.35 bits per heavy atom. The first-order valence-corrected chi connectivity index (χ1v) is 7.40. The summed E-state index contributed by atoms with van der Waals surface area (Å²) < 4.78 is 0.742. The van der Waals surface area contributed by atoms with Crippen LogP contribution >= 0.6 is 27.5 Å². The van der Waals surface area contributed by atoms with E-state index in [1.165, 1.54) is 0 Å². The summed E-state index contributed by atoms with van der Waals surface area (Å²) in [5.41, 5.74) is 0.556. The number of carboxylic acids is 1. The first-order valence-electron chi connectivity index (χ1n) is 6.23. The summed E-state index contributed by atoms with van der Waals surface area (Å²) in [5.74, 6) is -1.37. The molecule has 5 nitrogen and oxygen atoms in total. The van der Waals surface area contributed by atoms with Crippen molar-refractivity contribution in [3.8, 4) is 0 Å². The highest BCUT2D eigenvalue weighted by molar-refractivity contribution is 9.10. The SMILES string of the molecule is O=C(Nc1ccc(Br)c(Cl)c1)NC1CCCC1C(=O)O. The number of aliphatic carboxylic acids is 1. The highest BCUT2D eigenvalue weighted by Crippen LogP contribution is 2.27. The lowest BCUT2D eigenvalue weighted by atomic mass is 10.0. The number of amides is 2. The largest absolute Gasteiger partial charge is 0.481 e. The number of carbonyl (C=O) groups excluding carboxylic acids is 1. The lowest BCUT2D eigenvalue weighted by molar-refractivity contribution is -0.142. The van der Waals surface area contributed by atoms with Crippen molar-refractivity contribution in [1.29, 1.82) is 0 Å². The van der Waals surface area contributed by atoms with Crippen LogP contribution in [0.5, 0.6) is 0 Å². The average molecular weight is 362 g/mol. The maximum atomic E-state index is 11.9. The van der Waals surface area contributed by atoms with Gasteiger partial charge in [0.05, 0.1) is 10.9 Å². The summed E-state index contributed by atoms with van der Waals surface area (Å²) in [7, 11) is 0. The topological polar surface area (TPSA) is 78.4 Å². The maximum Gasteiger partial charge on any atom is 0.319 e. The smallest absolute Gasteiger partial charge is 0.319 e. The van der Waals surface area contributed by atoms with Crippen molar-refractivity contribution in [2.75, 3.05) is 5.32 Å². The number of carbonyl (C=O) groups is 2. The Balaban J connectivity index is 1.95. The molecule has 0 spiro atoms. The summed E-state index contributed by atoms with van der Waals surface area (Å²) in [6.07, 6.45) is 2.10. The first-order chi connectivity index (χ1) is 9.47. The third-order valence-corrected chi connectivity index (χ3v) is 4.56. The van der Waals surface area contributed by atoms with E-state index in [-0.39, 0.29) is 6.04 Å². The van der Waals surface area contributed by atoms with E-state index in [0.29, 0.717) is 23.6 Å².